The van der Waals surface area contributed by atoms with Crippen LogP contribution in [0.3, 0.4) is 0 Å². The normalized spacial score (nSPS) is 21.2. The van der Waals surface area contributed by atoms with Gasteiger partial charge in [0.2, 0.25) is 11.8 Å². The molecule has 0 N–H and O–H groups in total. The fraction of sp³-hybridized carbons (Fsp3) is 0.643. The molecule has 0 aromatic carbocycles. The Morgan fingerprint density at radius 3 is 2.58 bits per heavy atom. The minimum absolute atomic E-state index is 0.0131. The number of aromatic nitrogens is 2. The van der Waals surface area contributed by atoms with Gasteiger partial charge in [0.05, 0.1) is 0 Å². The maximum Gasteiger partial charge on any atom is 0.245 e. The predicted molar refractivity (Wildman–Crippen MR) is 69.6 cm³/mol. The van der Waals surface area contributed by atoms with Crippen LogP contribution >= 0.6 is 0 Å². The third-order valence-electron chi connectivity index (χ3n) is 4.26. The zero-order chi connectivity index (χ0) is 13.2. The van der Waals surface area contributed by atoms with E-state index in [2.05, 4.69) is 16.7 Å². The van der Waals surface area contributed by atoms with Crippen LogP contribution in [0.2, 0.25) is 0 Å². The molecule has 1 amide bonds. The minimum atomic E-state index is 0.0131. The Morgan fingerprint density at radius 2 is 2.00 bits per heavy atom. The van der Waals surface area contributed by atoms with Gasteiger partial charge in [-0.05, 0) is 31.8 Å². The molecule has 102 valence electrons. The van der Waals surface area contributed by atoms with Gasteiger partial charge in [0.25, 0.3) is 0 Å². The molecule has 1 aliphatic heterocycles. The third kappa shape index (κ3) is 2.41. The van der Waals surface area contributed by atoms with Crippen molar-refractivity contribution in [2.24, 2.45) is 0 Å². The summed E-state index contributed by atoms with van der Waals surface area (Å²) in [6, 6.07) is 0. The SMILES string of the molecule is C=CC(=O)N1CCC(c2nc(C3CCC3)no2)CC1. The maximum atomic E-state index is 11.5. The zero-order valence-electron chi connectivity index (χ0n) is 11.0. The molecule has 0 spiro atoms. The van der Waals surface area contributed by atoms with Crippen molar-refractivity contribution in [1.29, 1.82) is 0 Å². The highest BCUT2D eigenvalue weighted by Crippen LogP contribution is 2.36. The van der Waals surface area contributed by atoms with E-state index in [-0.39, 0.29) is 5.91 Å². The molecule has 0 bridgehead atoms. The highest BCUT2D eigenvalue weighted by atomic mass is 16.5. The Hall–Kier alpha value is -1.65. The topological polar surface area (TPSA) is 59.2 Å². The van der Waals surface area contributed by atoms with E-state index < -0.39 is 0 Å². The number of amides is 1. The second-order valence-corrected chi connectivity index (χ2v) is 5.42. The number of piperidine rings is 1. The molecule has 1 aromatic heterocycles. The van der Waals surface area contributed by atoms with Crippen molar-refractivity contribution in [1.82, 2.24) is 15.0 Å². The summed E-state index contributed by atoms with van der Waals surface area (Å²) in [5, 5.41) is 4.10. The molecule has 1 saturated carbocycles. The fourth-order valence-corrected chi connectivity index (χ4v) is 2.72. The molecule has 3 rings (SSSR count). The first-order valence-electron chi connectivity index (χ1n) is 7.02. The second kappa shape index (κ2) is 5.15. The third-order valence-corrected chi connectivity index (χ3v) is 4.26. The first-order chi connectivity index (χ1) is 9.28. The van der Waals surface area contributed by atoms with Crippen LogP contribution in [0.5, 0.6) is 0 Å². The largest absolute Gasteiger partial charge is 0.339 e. The van der Waals surface area contributed by atoms with E-state index in [9.17, 15) is 4.79 Å². The molecule has 0 radical (unpaired) electrons. The number of likely N-dealkylation sites (tertiary alicyclic amines) is 1. The maximum absolute atomic E-state index is 11.5. The summed E-state index contributed by atoms with van der Waals surface area (Å²) < 4.78 is 5.40. The lowest BCUT2D eigenvalue weighted by molar-refractivity contribution is -0.127. The van der Waals surface area contributed by atoms with E-state index in [4.69, 9.17) is 4.52 Å². The van der Waals surface area contributed by atoms with Gasteiger partial charge >= 0.3 is 0 Å². The van der Waals surface area contributed by atoms with Gasteiger partial charge in [-0.15, -0.1) is 0 Å². The van der Waals surface area contributed by atoms with Crippen LogP contribution in [0.25, 0.3) is 0 Å². The number of carbonyl (C=O) groups is 1. The van der Waals surface area contributed by atoms with E-state index in [1.165, 1.54) is 25.3 Å². The van der Waals surface area contributed by atoms with Crippen LogP contribution in [0.15, 0.2) is 17.2 Å². The molecule has 2 heterocycles. The summed E-state index contributed by atoms with van der Waals surface area (Å²) in [5.41, 5.74) is 0. The summed E-state index contributed by atoms with van der Waals surface area (Å²) >= 11 is 0. The number of nitrogens with zero attached hydrogens (tertiary/aromatic N) is 3. The lowest BCUT2D eigenvalue weighted by Crippen LogP contribution is -2.36. The first kappa shape index (κ1) is 12.4. The first-order valence-corrected chi connectivity index (χ1v) is 7.02. The van der Waals surface area contributed by atoms with E-state index in [1.807, 2.05) is 4.90 Å². The average Bonchev–Trinajstić information content (AvgIpc) is 2.85. The summed E-state index contributed by atoms with van der Waals surface area (Å²) in [5.74, 6) is 2.47. The fourth-order valence-electron chi connectivity index (χ4n) is 2.72. The quantitative estimate of drug-likeness (QED) is 0.783. The molecular weight excluding hydrogens is 242 g/mol. The Morgan fingerprint density at radius 1 is 1.26 bits per heavy atom. The molecule has 5 nitrogen and oxygen atoms in total. The monoisotopic (exact) mass is 261 g/mol. The van der Waals surface area contributed by atoms with Crippen molar-refractivity contribution in [2.75, 3.05) is 13.1 Å². The van der Waals surface area contributed by atoms with Gasteiger partial charge < -0.3 is 9.42 Å². The standard InChI is InChI=1S/C14H19N3O2/c1-2-12(18)17-8-6-11(7-9-17)14-15-13(16-19-14)10-4-3-5-10/h2,10-11H,1,3-9H2. The molecule has 2 aliphatic rings. The van der Waals surface area contributed by atoms with E-state index >= 15 is 0 Å². The van der Waals surface area contributed by atoms with Gasteiger partial charge in [0.1, 0.15) is 0 Å². The van der Waals surface area contributed by atoms with Crippen molar-refractivity contribution in [3.05, 3.63) is 24.4 Å². The summed E-state index contributed by atoms with van der Waals surface area (Å²) in [4.78, 5) is 17.9. The molecule has 1 aliphatic carbocycles. The Labute approximate surface area is 112 Å². The van der Waals surface area contributed by atoms with Crippen molar-refractivity contribution >= 4 is 5.91 Å². The van der Waals surface area contributed by atoms with Gasteiger partial charge in [-0.3, -0.25) is 4.79 Å². The molecule has 1 saturated heterocycles. The summed E-state index contributed by atoms with van der Waals surface area (Å²) in [6.45, 7) is 5.01. The molecule has 2 fully saturated rings. The molecule has 0 atom stereocenters. The predicted octanol–water partition coefficient (Wildman–Crippen LogP) is 2.23. The highest BCUT2D eigenvalue weighted by molar-refractivity contribution is 5.87. The van der Waals surface area contributed by atoms with Crippen LogP contribution in [-0.4, -0.2) is 34.0 Å². The number of rotatable bonds is 3. The Bertz CT molecular complexity index is 471. The van der Waals surface area contributed by atoms with Crippen molar-refractivity contribution < 1.29 is 9.32 Å². The molecule has 5 heteroatoms. The Kier molecular flexibility index (Phi) is 3.36. The smallest absolute Gasteiger partial charge is 0.245 e. The minimum Gasteiger partial charge on any atom is -0.339 e. The van der Waals surface area contributed by atoms with Crippen molar-refractivity contribution in [3.8, 4) is 0 Å². The number of hydrogen-bond donors (Lipinski definition) is 0. The van der Waals surface area contributed by atoms with E-state index in [1.54, 1.807) is 0 Å². The van der Waals surface area contributed by atoms with Gasteiger partial charge in [-0.2, -0.15) is 4.98 Å². The Balaban J connectivity index is 1.60. The van der Waals surface area contributed by atoms with Crippen molar-refractivity contribution in [3.63, 3.8) is 0 Å². The van der Waals surface area contributed by atoms with Gasteiger partial charge in [-0.25, -0.2) is 0 Å². The van der Waals surface area contributed by atoms with Gasteiger partial charge in [0, 0.05) is 24.9 Å². The highest BCUT2D eigenvalue weighted by Gasteiger charge is 2.29. The van der Waals surface area contributed by atoms with Crippen LogP contribution < -0.4 is 0 Å². The lowest BCUT2D eigenvalue weighted by Gasteiger charge is -2.29. The van der Waals surface area contributed by atoms with E-state index in [0.717, 1.165) is 37.6 Å². The second-order valence-electron chi connectivity index (χ2n) is 5.42. The molecular formula is C14H19N3O2. The molecule has 19 heavy (non-hydrogen) atoms. The number of hydrogen-bond acceptors (Lipinski definition) is 4. The number of carbonyl (C=O) groups excluding carboxylic acids is 1. The van der Waals surface area contributed by atoms with Gasteiger partial charge in [0.15, 0.2) is 5.82 Å². The summed E-state index contributed by atoms with van der Waals surface area (Å²) in [6.07, 6.45) is 6.81. The van der Waals surface area contributed by atoms with Gasteiger partial charge in [-0.1, -0.05) is 18.2 Å². The zero-order valence-corrected chi connectivity index (χ0v) is 11.0. The van der Waals surface area contributed by atoms with Crippen LogP contribution in [0.1, 0.15) is 55.7 Å². The van der Waals surface area contributed by atoms with E-state index in [0.29, 0.717) is 11.8 Å². The van der Waals surface area contributed by atoms with Crippen molar-refractivity contribution in [2.45, 2.75) is 43.9 Å². The lowest BCUT2D eigenvalue weighted by atomic mass is 9.85. The average molecular weight is 261 g/mol. The molecule has 1 aromatic rings. The molecule has 0 unspecified atom stereocenters. The van der Waals surface area contributed by atoms with Crippen LogP contribution in [0.4, 0.5) is 0 Å². The van der Waals surface area contributed by atoms with Crippen LogP contribution in [-0.2, 0) is 4.79 Å². The summed E-state index contributed by atoms with van der Waals surface area (Å²) in [7, 11) is 0. The van der Waals surface area contributed by atoms with Crippen LogP contribution in [0, 0.1) is 0 Å².